The Bertz CT molecular complexity index is 701. The second-order valence-corrected chi connectivity index (χ2v) is 8.65. The molecular weight excluding hydrogens is 314 g/mol. The number of ether oxygens (including phenoxy) is 1. The van der Waals surface area contributed by atoms with Crippen LogP contribution in [0.15, 0.2) is 16.9 Å². The van der Waals surface area contributed by atoms with Gasteiger partial charge in [-0.15, -0.1) is 0 Å². The molecule has 4 bridgehead atoms. The number of likely N-dealkylation sites (tertiary alicyclic amines) is 1. The summed E-state index contributed by atoms with van der Waals surface area (Å²) in [7, 11) is 1.85. The number of hydrogen-bond acceptors (Lipinski definition) is 4. The van der Waals surface area contributed by atoms with Crippen LogP contribution in [0.2, 0.25) is 0 Å². The van der Waals surface area contributed by atoms with E-state index in [9.17, 15) is 4.79 Å². The molecule has 1 aromatic heterocycles. The van der Waals surface area contributed by atoms with Crippen molar-refractivity contribution in [3.05, 3.63) is 33.7 Å². The van der Waals surface area contributed by atoms with Crippen molar-refractivity contribution < 1.29 is 4.74 Å². The van der Waals surface area contributed by atoms with Gasteiger partial charge in [-0.2, -0.15) is 0 Å². The number of piperidine rings is 2. The van der Waals surface area contributed by atoms with Crippen molar-refractivity contribution >= 4 is 0 Å². The van der Waals surface area contributed by atoms with E-state index in [1.54, 1.807) is 0 Å². The normalized spacial score (nSPS) is 37.1. The van der Waals surface area contributed by atoms with Crippen LogP contribution in [0.25, 0.3) is 0 Å². The van der Waals surface area contributed by atoms with Gasteiger partial charge in [0.25, 0.3) is 5.56 Å². The highest BCUT2D eigenvalue weighted by Gasteiger charge is 2.42. The molecule has 25 heavy (non-hydrogen) atoms. The number of fused-ring (bicyclic) bond motifs is 6. The fourth-order valence-corrected chi connectivity index (χ4v) is 5.98. The minimum absolute atomic E-state index is 0.260. The zero-order valence-corrected chi connectivity index (χ0v) is 15.1. The average molecular weight is 343 g/mol. The number of aromatic nitrogens is 1. The number of rotatable bonds is 3. The first-order valence-electron chi connectivity index (χ1n) is 9.91. The lowest BCUT2D eigenvalue weighted by molar-refractivity contribution is -0.0181. The summed E-state index contributed by atoms with van der Waals surface area (Å²) in [4.78, 5) is 15.6. The quantitative estimate of drug-likeness (QED) is 0.901. The van der Waals surface area contributed by atoms with Gasteiger partial charge >= 0.3 is 0 Å². The molecule has 1 aromatic rings. The largest absolute Gasteiger partial charge is 0.381 e. The molecule has 4 aliphatic rings. The van der Waals surface area contributed by atoms with Gasteiger partial charge in [0, 0.05) is 57.0 Å². The third-order valence-electron chi connectivity index (χ3n) is 7.08. The Balaban J connectivity index is 1.37. The fourth-order valence-electron chi connectivity index (χ4n) is 5.98. The SMILES string of the molecule is COC1[C@@H]2CC[C@H]1CN(Cc1ccc3n(c1=O)C[C@@H]1CNC[C@H]3C1)C2. The standard InChI is InChI=1S/C20H29N3O2/c1-25-19-14-2-3-15(19)11-22(10-14)12-16-4-5-18-17-6-13(7-21-8-17)9-23(18)20(16)24/h4-5,13-15,17,19,21H,2-3,6-12H2,1H3/t13-,14-,15+,17+,19?/m0/s1. The molecule has 4 heterocycles. The van der Waals surface area contributed by atoms with Crippen molar-refractivity contribution in [1.29, 1.82) is 0 Å². The van der Waals surface area contributed by atoms with E-state index in [-0.39, 0.29) is 5.56 Å². The van der Waals surface area contributed by atoms with Gasteiger partial charge < -0.3 is 14.6 Å². The maximum atomic E-state index is 13.1. The van der Waals surface area contributed by atoms with Gasteiger partial charge in [-0.3, -0.25) is 9.69 Å². The van der Waals surface area contributed by atoms with Gasteiger partial charge in [0.15, 0.2) is 0 Å². The molecule has 5 rings (SSSR count). The summed E-state index contributed by atoms with van der Waals surface area (Å²) < 4.78 is 7.81. The van der Waals surface area contributed by atoms with Crippen LogP contribution in [0, 0.1) is 17.8 Å². The van der Waals surface area contributed by atoms with Crippen LogP contribution in [-0.2, 0) is 17.8 Å². The molecular formula is C20H29N3O2. The smallest absolute Gasteiger partial charge is 0.255 e. The summed E-state index contributed by atoms with van der Waals surface area (Å²) in [6.45, 7) is 5.92. The van der Waals surface area contributed by atoms with Gasteiger partial charge in [-0.25, -0.2) is 0 Å². The van der Waals surface area contributed by atoms with Gasteiger partial charge in [0.1, 0.15) is 0 Å². The van der Waals surface area contributed by atoms with E-state index in [0.29, 0.717) is 29.8 Å². The maximum Gasteiger partial charge on any atom is 0.255 e. The Labute approximate surface area is 149 Å². The van der Waals surface area contributed by atoms with Crippen LogP contribution < -0.4 is 10.9 Å². The van der Waals surface area contributed by atoms with Crippen LogP contribution in [0.1, 0.15) is 36.4 Å². The van der Waals surface area contributed by atoms with Crippen molar-refractivity contribution in [2.75, 3.05) is 33.3 Å². The molecule has 5 atom stereocenters. The van der Waals surface area contributed by atoms with Crippen molar-refractivity contribution in [3.8, 4) is 0 Å². The molecule has 1 saturated carbocycles. The number of pyridine rings is 1. The first-order chi connectivity index (χ1) is 12.2. The molecule has 136 valence electrons. The Morgan fingerprint density at radius 3 is 2.72 bits per heavy atom. The molecule has 0 radical (unpaired) electrons. The topological polar surface area (TPSA) is 46.5 Å². The second kappa shape index (κ2) is 6.22. The summed E-state index contributed by atoms with van der Waals surface area (Å²) in [5.41, 5.74) is 2.48. The Morgan fingerprint density at radius 1 is 1.16 bits per heavy atom. The summed E-state index contributed by atoms with van der Waals surface area (Å²) >= 11 is 0. The van der Waals surface area contributed by atoms with Crippen LogP contribution in [0.3, 0.4) is 0 Å². The summed E-state index contributed by atoms with van der Waals surface area (Å²) in [5, 5.41) is 3.52. The molecule has 5 nitrogen and oxygen atoms in total. The van der Waals surface area contributed by atoms with Crippen molar-refractivity contribution in [3.63, 3.8) is 0 Å². The van der Waals surface area contributed by atoms with Gasteiger partial charge in [-0.1, -0.05) is 6.07 Å². The van der Waals surface area contributed by atoms with E-state index in [1.165, 1.54) is 25.0 Å². The number of hydrogen-bond donors (Lipinski definition) is 1. The van der Waals surface area contributed by atoms with Crippen molar-refractivity contribution in [2.45, 2.75) is 44.4 Å². The Morgan fingerprint density at radius 2 is 1.96 bits per heavy atom. The monoisotopic (exact) mass is 343 g/mol. The minimum atomic E-state index is 0.260. The van der Waals surface area contributed by atoms with Crippen LogP contribution >= 0.6 is 0 Å². The Kier molecular flexibility index (Phi) is 3.99. The first kappa shape index (κ1) is 16.0. The Hall–Kier alpha value is -1.17. The van der Waals surface area contributed by atoms with Crippen molar-refractivity contribution in [2.24, 2.45) is 17.8 Å². The molecule has 1 N–H and O–H groups in total. The van der Waals surface area contributed by atoms with Gasteiger partial charge in [0.05, 0.1) is 6.10 Å². The zero-order chi connectivity index (χ0) is 17.0. The molecule has 2 saturated heterocycles. The van der Waals surface area contributed by atoms with Gasteiger partial charge in [0.2, 0.25) is 0 Å². The molecule has 1 aliphatic carbocycles. The van der Waals surface area contributed by atoms with Crippen LogP contribution in [0.4, 0.5) is 0 Å². The number of nitrogens with zero attached hydrogens (tertiary/aromatic N) is 2. The maximum absolute atomic E-state index is 13.1. The third kappa shape index (κ3) is 2.68. The lowest BCUT2D eigenvalue weighted by Crippen LogP contribution is -2.47. The van der Waals surface area contributed by atoms with E-state index in [0.717, 1.165) is 44.8 Å². The predicted octanol–water partition coefficient (Wildman–Crippen LogP) is 1.41. The second-order valence-electron chi connectivity index (χ2n) is 8.65. The lowest BCUT2D eigenvalue weighted by Gasteiger charge is -2.39. The summed E-state index contributed by atoms with van der Waals surface area (Å²) in [6, 6.07) is 4.33. The molecule has 0 amide bonds. The molecule has 0 aromatic carbocycles. The summed E-state index contributed by atoms with van der Waals surface area (Å²) in [5.74, 6) is 2.43. The van der Waals surface area contributed by atoms with E-state index in [1.807, 2.05) is 7.11 Å². The van der Waals surface area contributed by atoms with E-state index in [4.69, 9.17) is 4.74 Å². The van der Waals surface area contributed by atoms with Crippen LogP contribution in [-0.4, -0.2) is 48.9 Å². The predicted molar refractivity (Wildman–Crippen MR) is 96.7 cm³/mol. The highest BCUT2D eigenvalue weighted by Crippen LogP contribution is 2.39. The molecule has 0 spiro atoms. The molecule has 3 fully saturated rings. The lowest BCUT2D eigenvalue weighted by atomic mass is 9.84. The number of methoxy groups -OCH3 is 1. The average Bonchev–Trinajstić information content (AvgIpc) is 2.87. The fraction of sp³-hybridized carbons (Fsp3) is 0.750. The van der Waals surface area contributed by atoms with Gasteiger partial charge in [-0.05, 0) is 49.6 Å². The highest BCUT2D eigenvalue weighted by atomic mass is 16.5. The molecule has 1 unspecified atom stereocenters. The van der Waals surface area contributed by atoms with E-state index >= 15 is 0 Å². The van der Waals surface area contributed by atoms with Crippen molar-refractivity contribution in [1.82, 2.24) is 14.8 Å². The highest BCUT2D eigenvalue weighted by molar-refractivity contribution is 5.22. The van der Waals surface area contributed by atoms with Crippen LogP contribution in [0.5, 0.6) is 0 Å². The molecule has 5 heteroatoms. The third-order valence-corrected chi connectivity index (χ3v) is 7.08. The number of nitrogens with one attached hydrogen (secondary N) is 1. The van der Waals surface area contributed by atoms with E-state index in [2.05, 4.69) is 26.9 Å². The molecule has 3 aliphatic heterocycles. The zero-order valence-electron chi connectivity index (χ0n) is 15.1. The first-order valence-corrected chi connectivity index (χ1v) is 9.91. The van der Waals surface area contributed by atoms with E-state index < -0.39 is 0 Å². The summed E-state index contributed by atoms with van der Waals surface area (Å²) in [6.07, 6.45) is 4.23. The minimum Gasteiger partial charge on any atom is -0.381 e.